The summed E-state index contributed by atoms with van der Waals surface area (Å²) in [5.41, 5.74) is 1.25. The van der Waals surface area contributed by atoms with Crippen LogP contribution in [0.2, 0.25) is 0 Å². The lowest BCUT2D eigenvalue weighted by Crippen LogP contribution is -1.97. The number of aryl methyl sites for hydroxylation is 1. The van der Waals surface area contributed by atoms with E-state index in [1.165, 1.54) is 87.6 Å². The Balaban J connectivity index is 1.73. The van der Waals surface area contributed by atoms with Gasteiger partial charge in [0.2, 0.25) is 0 Å². The van der Waals surface area contributed by atoms with Gasteiger partial charge in [0.25, 0.3) is 10.1 Å². The smallest absolute Gasteiger partial charge is 0.294 e. The summed E-state index contributed by atoms with van der Waals surface area (Å²) in [6.45, 7) is 2.25. The van der Waals surface area contributed by atoms with Gasteiger partial charge in [0, 0.05) is 0 Å². The molecule has 0 aliphatic heterocycles. The van der Waals surface area contributed by atoms with Gasteiger partial charge in [0.15, 0.2) is 0 Å². The number of unbranched alkanes of at least 4 members (excludes halogenated alkanes) is 8. The number of ether oxygens (including phenoxy) is 1. The lowest BCUT2D eigenvalue weighted by molar-refractivity contribution is 0.477. The van der Waals surface area contributed by atoms with Crippen molar-refractivity contribution in [2.75, 3.05) is 0 Å². The molecule has 154 valence electrons. The zero-order valence-corrected chi connectivity index (χ0v) is 17.6. The monoisotopic (exact) mass is 404 g/mol. The molecule has 2 aromatic rings. The average molecular weight is 405 g/mol. The largest absolute Gasteiger partial charge is 0.457 e. The van der Waals surface area contributed by atoms with Crippen LogP contribution in [-0.4, -0.2) is 13.0 Å². The van der Waals surface area contributed by atoms with Crippen molar-refractivity contribution in [1.29, 1.82) is 0 Å². The van der Waals surface area contributed by atoms with E-state index in [9.17, 15) is 8.42 Å². The molecule has 0 saturated heterocycles. The Morgan fingerprint density at radius 2 is 1.39 bits per heavy atom. The summed E-state index contributed by atoms with van der Waals surface area (Å²) < 4.78 is 37.0. The highest BCUT2D eigenvalue weighted by Crippen LogP contribution is 2.24. The second-order valence-electron chi connectivity index (χ2n) is 7.27. The number of benzene rings is 2. The molecule has 4 nitrogen and oxygen atoms in total. The van der Waals surface area contributed by atoms with Gasteiger partial charge in [-0.1, -0.05) is 70.4 Å². The zero-order chi connectivity index (χ0) is 20.2. The van der Waals surface area contributed by atoms with Crippen molar-refractivity contribution in [3.63, 3.8) is 0 Å². The third kappa shape index (κ3) is 8.44. The summed E-state index contributed by atoms with van der Waals surface area (Å²) >= 11 is 0. The van der Waals surface area contributed by atoms with Crippen LogP contribution in [-0.2, 0) is 16.5 Å². The van der Waals surface area contributed by atoms with Crippen LogP contribution in [0.3, 0.4) is 0 Å². The molecule has 2 aromatic carbocycles. The fourth-order valence-corrected chi connectivity index (χ4v) is 3.70. The lowest BCUT2D eigenvalue weighted by Gasteiger charge is -2.08. The van der Waals surface area contributed by atoms with Crippen LogP contribution in [0.5, 0.6) is 11.5 Å². The van der Waals surface area contributed by atoms with Crippen molar-refractivity contribution in [1.82, 2.24) is 0 Å². The highest BCUT2D eigenvalue weighted by atomic mass is 32.2. The Bertz CT molecular complexity index is 798. The zero-order valence-electron chi connectivity index (χ0n) is 16.8. The van der Waals surface area contributed by atoms with Gasteiger partial charge in [-0.15, -0.1) is 0 Å². The maximum absolute atomic E-state index is 11.1. The molecule has 0 spiro atoms. The fraction of sp³-hybridized carbons (Fsp3) is 0.478. The summed E-state index contributed by atoms with van der Waals surface area (Å²) in [5.74, 6) is 1.26. The molecular weight excluding hydrogens is 372 g/mol. The number of hydrogen-bond donors (Lipinski definition) is 1. The molecule has 0 amide bonds. The van der Waals surface area contributed by atoms with Crippen molar-refractivity contribution >= 4 is 10.1 Å². The summed E-state index contributed by atoms with van der Waals surface area (Å²) in [7, 11) is -4.18. The maximum atomic E-state index is 11.1. The van der Waals surface area contributed by atoms with E-state index >= 15 is 0 Å². The maximum Gasteiger partial charge on any atom is 0.294 e. The topological polar surface area (TPSA) is 63.6 Å². The summed E-state index contributed by atoms with van der Waals surface area (Å²) in [4.78, 5) is -0.140. The molecule has 0 aromatic heterocycles. The Kier molecular flexibility index (Phi) is 9.51. The number of rotatable bonds is 13. The molecular formula is C23H32O4S. The molecule has 0 aliphatic rings. The molecule has 0 saturated carbocycles. The van der Waals surface area contributed by atoms with E-state index in [1.807, 2.05) is 18.2 Å². The predicted molar refractivity (Wildman–Crippen MR) is 114 cm³/mol. The minimum atomic E-state index is -4.18. The third-order valence-electron chi connectivity index (χ3n) is 4.82. The van der Waals surface area contributed by atoms with Crippen LogP contribution < -0.4 is 4.74 Å². The quantitative estimate of drug-likeness (QED) is 0.294. The summed E-state index contributed by atoms with van der Waals surface area (Å²) in [6, 6.07) is 13.7. The highest BCUT2D eigenvalue weighted by molar-refractivity contribution is 7.85. The summed E-state index contributed by atoms with van der Waals surface area (Å²) in [5, 5.41) is 0. The standard InChI is InChI=1S/C23H32O4S/c1-2-3-4-5-6-7-8-9-10-12-20-13-11-14-22(19-20)27-21-15-17-23(18-16-21)28(24,25)26/h11,13-19H,2-10,12H2,1H3,(H,24,25,26). The van der Waals surface area contributed by atoms with Crippen LogP contribution >= 0.6 is 0 Å². The first-order valence-electron chi connectivity index (χ1n) is 10.3. The van der Waals surface area contributed by atoms with Crippen LogP contribution in [0.15, 0.2) is 53.4 Å². The third-order valence-corrected chi connectivity index (χ3v) is 5.69. The second kappa shape index (κ2) is 11.9. The minimum Gasteiger partial charge on any atom is -0.457 e. The lowest BCUT2D eigenvalue weighted by atomic mass is 10.0. The van der Waals surface area contributed by atoms with E-state index in [-0.39, 0.29) is 4.90 Å². The van der Waals surface area contributed by atoms with Crippen molar-refractivity contribution in [2.24, 2.45) is 0 Å². The van der Waals surface area contributed by atoms with Gasteiger partial charge in [-0.05, 0) is 54.8 Å². The first-order chi connectivity index (χ1) is 13.5. The molecule has 0 bridgehead atoms. The first kappa shape index (κ1) is 22.4. The van der Waals surface area contributed by atoms with E-state index in [1.54, 1.807) is 0 Å². The van der Waals surface area contributed by atoms with Gasteiger partial charge in [-0.3, -0.25) is 4.55 Å². The molecule has 0 atom stereocenters. The van der Waals surface area contributed by atoms with Crippen LogP contribution in [0.4, 0.5) is 0 Å². The van der Waals surface area contributed by atoms with E-state index < -0.39 is 10.1 Å². The normalized spacial score (nSPS) is 11.5. The van der Waals surface area contributed by atoms with E-state index in [0.717, 1.165) is 12.2 Å². The van der Waals surface area contributed by atoms with Gasteiger partial charge >= 0.3 is 0 Å². The van der Waals surface area contributed by atoms with Gasteiger partial charge in [0.05, 0.1) is 4.90 Å². The molecule has 0 aliphatic carbocycles. The molecule has 28 heavy (non-hydrogen) atoms. The number of hydrogen-bond acceptors (Lipinski definition) is 3. The predicted octanol–water partition coefficient (Wildman–Crippen LogP) is 6.80. The van der Waals surface area contributed by atoms with Crippen LogP contribution in [0, 0.1) is 0 Å². The first-order valence-corrected chi connectivity index (χ1v) is 11.8. The van der Waals surface area contributed by atoms with Crippen molar-refractivity contribution in [3.05, 3.63) is 54.1 Å². The SMILES string of the molecule is CCCCCCCCCCCc1cccc(Oc2ccc(S(=O)(=O)O)cc2)c1. The van der Waals surface area contributed by atoms with Gasteiger partial charge in [-0.2, -0.15) is 8.42 Å². The molecule has 0 heterocycles. The van der Waals surface area contributed by atoms with Gasteiger partial charge < -0.3 is 4.74 Å². The summed E-state index contributed by atoms with van der Waals surface area (Å²) in [6.07, 6.45) is 12.9. The van der Waals surface area contributed by atoms with Crippen molar-refractivity contribution in [2.45, 2.75) is 76.0 Å². The molecule has 0 fully saturated rings. The Morgan fingerprint density at radius 3 is 2.00 bits per heavy atom. The van der Waals surface area contributed by atoms with E-state index in [0.29, 0.717) is 5.75 Å². The highest BCUT2D eigenvalue weighted by Gasteiger charge is 2.09. The Morgan fingerprint density at radius 1 is 0.786 bits per heavy atom. The van der Waals surface area contributed by atoms with Gasteiger partial charge in [0.1, 0.15) is 11.5 Å². The Hall–Kier alpha value is -1.85. The van der Waals surface area contributed by atoms with Crippen molar-refractivity contribution in [3.8, 4) is 11.5 Å². The fourth-order valence-electron chi connectivity index (χ4n) is 3.22. The minimum absolute atomic E-state index is 0.140. The van der Waals surface area contributed by atoms with E-state index in [4.69, 9.17) is 9.29 Å². The average Bonchev–Trinajstić information content (AvgIpc) is 2.67. The van der Waals surface area contributed by atoms with Gasteiger partial charge in [-0.25, -0.2) is 0 Å². The Labute approximate surface area is 169 Å². The molecule has 2 rings (SSSR count). The van der Waals surface area contributed by atoms with Crippen LogP contribution in [0.25, 0.3) is 0 Å². The van der Waals surface area contributed by atoms with Crippen LogP contribution in [0.1, 0.15) is 70.3 Å². The molecule has 5 heteroatoms. The molecule has 1 N–H and O–H groups in total. The second-order valence-corrected chi connectivity index (χ2v) is 8.70. The molecule has 0 unspecified atom stereocenters. The van der Waals surface area contributed by atoms with E-state index in [2.05, 4.69) is 13.0 Å². The molecule has 0 radical (unpaired) electrons. The van der Waals surface area contributed by atoms with Crippen molar-refractivity contribution < 1.29 is 17.7 Å².